The fourth-order valence-electron chi connectivity index (χ4n) is 6.16. The Morgan fingerprint density at radius 1 is 0.548 bits per heavy atom. The first-order valence-electron chi connectivity index (χ1n) is 13.6. The van der Waals surface area contributed by atoms with Crippen LogP contribution in [0.3, 0.4) is 0 Å². The number of aryl methyl sites for hydroxylation is 2. The third kappa shape index (κ3) is 4.15. The van der Waals surface area contributed by atoms with E-state index < -0.39 is 18.5 Å². The van der Waals surface area contributed by atoms with Crippen molar-refractivity contribution in [1.29, 1.82) is 0 Å². The number of alkyl halides is 3. The number of fused-ring (bicyclic) bond motifs is 2. The fraction of sp³-hybridized carbons (Fsp3) is 0.111. The summed E-state index contributed by atoms with van der Waals surface area (Å²) in [4.78, 5) is 0. The largest absolute Gasteiger partial charge is 0.507 e. The maximum atomic E-state index is 16.4. The lowest BCUT2D eigenvalue weighted by atomic mass is 9.87. The first-order valence-corrected chi connectivity index (χ1v) is 15.3. The quantitative estimate of drug-likeness (QED) is 0.207. The molecule has 2 nitrogen and oxygen atoms in total. The van der Waals surface area contributed by atoms with Crippen molar-refractivity contribution in [3.63, 3.8) is 0 Å². The van der Waals surface area contributed by atoms with Crippen LogP contribution in [0, 0.1) is 13.8 Å². The van der Waals surface area contributed by atoms with Crippen molar-refractivity contribution in [2.24, 2.45) is 0 Å². The van der Waals surface area contributed by atoms with Crippen LogP contribution in [-0.2, 0) is 9.72 Å². The van der Waals surface area contributed by atoms with Gasteiger partial charge < -0.3 is 9.67 Å². The molecule has 6 aromatic carbocycles. The fourth-order valence-corrected chi connectivity index (χ4v) is 9.81. The third-order valence-electron chi connectivity index (χ3n) is 8.18. The van der Waals surface area contributed by atoms with Crippen molar-refractivity contribution < 1.29 is 22.8 Å². The molecular formula is C36H28F3O2P. The van der Waals surface area contributed by atoms with E-state index in [9.17, 15) is 5.11 Å². The molecule has 1 atom stereocenters. The second-order valence-corrected chi connectivity index (χ2v) is 13.6. The number of hydrogen-bond donors (Lipinski definition) is 1. The van der Waals surface area contributed by atoms with E-state index in [1.807, 2.05) is 48.5 Å². The van der Waals surface area contributed by atoms with E-state index in [1.165, 1.54) is 24.3 Å². The van der Waals surface area contributed by atoms with Crippen LogP contribution in [0.4, 0.5) is 13.2 Å². The summed E-state index contributed by atoms with van der Waals surface area (Å²) >= 11 is 0. The van der Waals surface area contributed by atoms with E-state index in [-0.39, 0.29) is 38.6 Å². The minimum Gasteiger partial charge on any atom is -0.507 e. The van der Waals surface area contributed by atoms with Gasteiger partial charge in [-0.25, -0.2) is 0 Å². The summed E-state index contributed by atoms with van der Waals surface area (Å²) in [5.74, 6) is -0.0888. The molecule has 0 aliphatic carbocycles. The van der Waals surface area contributed by atoms with Gasteiger partial charge in [-0.05, 0) is 69.8 Å². The summed E-state index contributed by atoms with van der Waals surface area (Å²) < 4.78 is 65.4. The van der Waals surface area contributed by atoms with Gasteiger partial charge in [0.1, 0.15) is 5.75 Å². The number of hydrogen-bond acceptors (Lipinski definition) is 2. The highest BCUT2D eigenvalue weighted by Crippen LogP contribution is 2.71. The van der Waals surface area contributed by atoms with Gasteiger partial charge in [0.15, 0.2) is 12.3 Å². The standard InChI is InChI=1S/C36H28F3O2P/c1-24-20-31(21-25(2)34(24)40)35(36(37,38)39,30-14-4-3-5-15-30)42(41,32-18-16-26-10-6-8-12-28(26)22-32)33-19-17-27-11-7-9-13-29(27)23-33/h3-23,40H,1-2H3. The third-order valence-corrected chi connectivity index (χ3v) is 11.9. The zero-order valence-corrected chi connectivity index (χ0v) is 24.0. The maximum Gasteiger partial charge on any atom is 0.409 e. The van der Waals surface area contributed by atoms with Crippen molar-refractivity contribution in [1.82, 2.24) is 0 Å². The Labute approximate surface area is 242 Å². The average Bonchev–Trinajstić information content (AvgIpc) is 2.99. The molecule has 42 heavy (non-hydrogen) atoms. The lowest BCUT2D eigenvalue weighted by molar-refractivity contribution is -0.154. The minimum absolute atomic E-state index is 0.0888. The first kappa shape index (κ1) is 27.8. The van der Waals surface area contributed by atoms with Gasteiger partial charge >= 0.3 is 6.18 Å². The Morgan fingerprint density at radius 2 is 0.976 bits per heavy atom. The van der Waals surface area contributed by atoms with Crippen molar-refractivity contribution in [3.05, 3.63) is 150 Å². The summed E-state index contributed by atoms with van der Waals surface area (Å²) in [6.45, 7) is 3.13. The van der Waals surface area contributed by atoms with E-state index >= 15 is 17.7 Å². The molecule has 0 saturated carbocycles. The van der Waals surface area contributed by atoms with Crippen LogP contribution in [0.25, 0.3) is 21.5 Å². The second-order valence-electron chi connectivity index (χ2n) is 10.7. The van der Waals surface area contributed by atoms with Crippen LogP contribution in [0.5, 0.6) is 5.75 Å². The van der Waals surface area contributed by atoms with Crippen molar-refractivity contribution >= 4 is 39.3 Å². The molecule has 0 saturated heterocycles. The average molecular weight is 581 g/mol. The number of halogens is 3. The zero-order chi connectivity index (χ0) is 29.7. The second kappa shape index (κ2) is 10.2. The Kier molecular flexibility index (Phi) is 6.74. The van der Waals surface area contributed by atoms with Crippen LogP contribution in [0.15, 0.2) is 127 Å². The SMILES string of the molecule is Cc1cc(C(c2ccccc2)(C(F)(F)F)P(=O)(c2ccc3ccccc3c2)c2ccc3ccccc3c2)cc(C)c1O. The van der Waals surface area contributed by atoms with Crippen molar-refractivity contribution in [2.45, 2.75) is 25.2 Å². The Morgan fingerprint density at radius 3 is 1.43 bits per heavy atom. The number of rotatable bonds is 5. The first-order chi connectivity index (χ1) is 20.1. The summed E-state index contributed by atoms with van der Waals surface area (Å²) in [6.07, 6.45) is -5.02. The van der Waals surface area contributed by atoms with Gasteiger partial charge in [0.25, 0.3) is 0 Å². The molecule has 210 valence electrons. The lowest BCUT2D eigenvalue weighted by Gasteiger charge is -2.44. The molecule has 0 aliphatic heterocycles. The highest BCUT2D eigenvalue weighted by atomic mass is 31.2. The molecule has 6 rings (SSSR count). The molecule has 0 bridgehead atoms. The molecule has 6 aromatic rings. The van der Waals surface area contributed by atoms with E-state index in [0.29, 0.717) is 10.8 Å². The van der Waals surface area contributed by atoms with Gasteiger partial charge in [-0.2, -0.15) is 13.2 Å². The molecule has 0 radical (unpaired) electrons. The van der Waals surface area contributed by atoms with Gasteiger partial charge in [-0.3, -0.25) is 0 Å². The Hall–Kier alpha value is -4.34. The summed E-state index contributed by atoms with van der Waals surface area (Å²) in [7, 11) is -4.70. The zero-order valence-electron chi connectivity index (χ0n) is 23.1. The van der Waals surface area contributed by atoms with Gasteiger partial charge in [-0.1, -0.05) is 115 Å². The van der Waals surface area contributed by atoms with Crippen LogP contribution in [0.1, 0.15) is 22.3 Å². The molecule has 0 amide bonds. The van der Waals surface area contributed by atoms with Crippen LogP contribution >= 0.6 is 7.14 Å². The van der Waals surface area contributed by atoms with E-state index in [0.717, 1.165) is 10.8 Å². The number of phenols is 1. The molecule has 6 heteroatoms. The maximum absolute atomic E-state index is 16.4. The predicted octanol–water partition coefficient (Wildman–Crippen LogP) is 9.14. The molecule has 0 spiro atoms. The summed E-state index contributed by atoms with van der Waals surface area (Å²) in [6, 6.07) is 34.8. The van der Waals surface area contributed by atoms with E-state index in [2.05, 4.69) is 0 Å². The topological polar surface area (TPSA) is 37.3 Å². The predicted molar refractivity (Wildman–Crippen MR) is 166 cm³/mol. The normalized spacial score (nSPS) is 13.7. The molecule has 0 aromatic heterocycles. The van der Waals surface area contributed by atoms with E-state index in [1.54, 1.807) is 68.4 Å². The van der Waals surface area contributed by atoms with Crippen molar-refractivity contribution in [3.8, 4) is 5.75 Å². The lowest BCUT2D eigenvalue weighted by Crippen LogP contribution is -2.48. The van der Waals surface area contributed by atoms with Crippen LogP contribution in [-0.4, -0.2) is 11.3 Å². The highest BCUT2D eigenvalue weighted by Gasteiger charge is 2.68. The van der Waals surface area contributed by atoms with E-state index in [4.69, 9.17) is 0 Å². The Balaban J connectivity index is 1.85. The summed E-state index contributed by atoms with van der Waals surface area (Å²) in [5.41, 5.74) is 0.238. The highest BCUT2D eigenvalue weighted by molar-refractivity contribution is 7.80. The minimum atomic E-state index is -5.02. The molecule has 0 fully saturated rings. The molecule has 1 N–H and O–H groups in total. The van der Waals surface area contributed by atoms with Crippen LogP contribution in [0.2, 0.25) is 0 Å². The van der Waals surface area contributed by atoms with Crippen molar-refractivity contribution in [2.75, 3.05) is 0 Å². The molecule has 0 aliphatic rings. The van der Waals surface area contributed by atoms with Gasteiger partial charge in [0.2, 0.25) is 0 Å². The number of phenolic OH excluding ortho intramolecular Hbond substituents is 1. The monoisotopic (exact) mass is 580 g/mol. The molecular weight excluding hydrogens is 552 g/mol. The number of aromatic hydroxyl groups is 1. The van der Waals surface area contributed by atoms with Gasteiger partial charge in [0.05, 0.1) is 0 Å². The number of benzene rings is 6. The molecule has 1 unspecified atom stereocenters. The van der Waals surface area contributed by atoms with Gasteiger partial charge in [-0.15, -0.1) is 0 Å². The van der Waals surface area contributed by atoms with Crippen LogP contribution < -0.4 is 10.6 Å². The Bertz CT molecular complexity index is 1890. The smallest absolute Gasteiger partial charge is 0.409 e. The summed E-state index contributed by atoms with van der Waals surface area (Å²) in [5, 5.41) is 10.9. The van der Waals surface area contributed by atoms with Gasteiger partial charge in [0, 0.05) is 10.6 Å². The molecule has 0 heterocycles.